The highest BCUT2D eigenvalue weighted by Gasteiger charge is 2.13. The van der Waals surface area contributed by atoms with Crippen molar-refractivity contribution < 1.29 is 9.47 Å². The number of benzene rings is 1. The van der Waals surface area contributed by atoms with Crippen LogP contribution < -0.4 is 15.2 Å². The van der Waals surface area contributed by atoms with Crippen LogP contribution in [0.3, 0.4) is 0 Å². The highest BCUT2D eigenvalue weighted by Crippen LogP contribution is 2.33. The number of aromatic nitrogens is 2. The highest BCUT2D eigenvalue weighted by atomic mass is 16.5. The number of anilines is 1. The topological polar surface area (TPSA) is 70.3 Å². The number of nitrogens with two attached hydrogens (primary N) is 1. The SMILES string of the molecule is COc1ccc(OC)c(-c2cc(N)nc(C(C)C)n2)c1. The third-order valence-corrected chi connectivity index (χ3v) is 2.96. The molecule has 5 heteroatoms. The minimum atomic E-state index is 0.203. The molecule has 0 saturated heterocycles. The Bertz CT molecular complexity index is 612. The maximum absolute atomic E-state index is 5.87. The molecule has 0 spiro atoms. The summed E-state index contributed by atoms with van der Waals surface area (Å²) in [4.78, 5) is 8.81. The number of hydrogen-bond acceptors (Lipinski definition) is 5. The van der Waals surface area contributed by atoms with Gasteiger partial charge in [-0.15, -0.1) is 0 Å². The highest BCUT2D eigenvalue weighted by molar-refractivity contribution is 5.70. The van der Waals surface area contributed by atoms with E-state index < -0.39 is 0 Å². The van der Waals surface area contributed by atoms with Crippen LogP contribution in [0.25, 0.3) is 11.3 Å². The van der Waals surface area contributed by atoms with Crippen molar-refractivity contribution in [3.05, 3.63) is 30.1 Å². The summed E-state index contributed by atoms with van der Waals surface area (Å²) in [6.07, 6.45) is 0. The molecule has 106 valence electrons. The molecule has 0 radical (unpaired) electrons. The van der Waals surface area contributed by atoms with Crippen molar-refractivity contribution in [2.75, 3.05) is 20.0 Å². The molecular weight excluding hydrogens is 254 g/mol. The van der Waals surface area contributed by atoms with E-state index >= 15 is 0 Å². The molecule has 2 N–H and O–H groups in total. The van der Waals surface area contributed by atoms with Crippen LogP contribution in [0.15, 0.2) is 24.3 Å². The van der Waals surface area contributed by atoms with Gasteiger partial charge in [-0.1, -0.05) is 13.8 Å². The Morgan fingerprint density at radius 3 is 2.40 bits per heavy atom. The van der Waals surface area contributed by atoms with Crippen LogP contribution in [-0.4, -0.2) is 24.2 Å². The first-order chi connectivity index (χ1) is 9.55. The lowest BCUT2D eigenvalue weighted by atomic mass is 10.1. The van der Waals surface area contributed by atoms with Gasteiger partial charge in [0.25, 0.3) is 0 Å². The van der Waals surface area contributed by atoms with Crippen LogP contribution in [0.5, 0.6) is 11.5 Å². The zero-order chi connectivity index (χ0) is 14.7. The number of nitrogen functional groups attached to an aromatic ring is 1. The first-order valence-corrected chi connectivity index (χ1v) is 6.42. The zero-order valence-corrected chi connectivity index (χ0v) is 12.2. The van der Waals surface area contributed by atoms with Crippen molar-refractivity contribution in [2.45, 2.75) is 19.8 Å². The summed E-state index contributed by atoms with van der Waals surface area (Å²) in [5, 5.41) is 0. The number of nitrogens with zero attached hydrogens (tertiary/aromatic N) is 2. The summed E-state index contributed by atoms with van der Waals surface area (Å²) in [5.41, 5.74) is 7.44. The lowest BCUT2D eigenvalue weighted by Gasteiger charge is -2.12. The van der Waals surface area contributed by atoms with Gasteiger partial charge in [0, 0.05) is 17.5 Å². The Kier molecular flexibility index (Phi) is 4.08. The van der Waals surface area contributed by atoms with Gasteiger partial charge in [0.1, 0.15) is 23.1 Å². The summed E-state index contributed by atoms with van der Waals surface area (Å²) in [7, 11) is 3.25. The van der Waals surface area contributed by atoms with Crippen molar-refractivity contribution in [3.63, 3.8) is 0 Å². The zero-order valence-electron chi connectivity index (χ0n) is 12.2. The molecule has 5 nitrogen and oxygen atoms in total. The molecule has 0 aliphatic rings. The van der Waals surface area contributed by atoms with Crippen molar-refractivity contribution in [1.29, 1.82) is 0 Å². The summed E-state index contributed by atoms with van der Waals surface area (Å²) in [5.74, 6) is 2.82. The molecule has 1 heterocycles. The summed E-state index contributed by atoms with van der Waals surface area (Å²) >= 11 is 0. The van der Waals surface area contributed by atoms with E-state index in [-0.39, 0.29) is 5.92 Å². The Hall–Kier alpha value is -2.30. The van der Waals surface area contributed by atoms with E-state index in [1.807, 2.05) is 32.0 Å². The van der Waals surface area contributed by atoms with Crippen molar-refractivity contribution in [3.8, 4) is 22.8 Å². The Balaban J connectivity index is 2.60. The predicted octanol–water partition coefficient (Wildman–Crippen LogP) is 2.87. The number of rotatable bonds is 4. The fourth-order valence-corrected chi connectivity index (χ4v) is 1.90. The van der Waals surface area contributed by atoms with E-state index in [9.17, 15) is 0 Å². The lowest BCUT2D eigenvalue weighted by molar-refractivity contribution is 0.404. The van der Waals surface area contributed by atoms with E-state index in [4.69, 9.17) is 15.2 Å². The second kappa shape index (κ2) is 5.77. The van der Waals surface area contributed by atoms with E-state index in [1.165, 1.54) is 0 Å². The molecule has 2 rings (SSSR count). The fraction of sp³-hybridized carbons (Fsp3) is 0.333. The van der Waals surface area contributed by atoms with E-state index in [1.54, 1.807) is 20.3 Å². The Morgan fingerprint density at radius 1 is 1.05 bits per heavy atom. The average Bonchev–Trinajstić information content (AvgIpc) is 2.45. The molecule has 20 heavy (non-hydrogen) atoms. The molecule has 0 aliphatic heterocycles. The second-order valence-corrected chi connectivity index (χ2v) is 4.76. The van der Waals surface area contributed by atoms with Gasteiger partial charge in [0.05, 0.1) is 19.9 Å². The van der Waals surface area contributed by atoms with Crippen LogP contribution in [0.4, 0.5) is 5.82 Å². The predicted molar refractivity (Wildman–Crippen MR) is 79.1 cm³/mol. The van der Waals surface area contributed by atoms with Crippen LogP contribution >= 0.6 is 0 Å². The van der Waals surface area contributed by atoms with Gasteiger partial charge in [-0.2, -0.15) is 0 Å². The molecule has 0 fully saturated rings. The summed E-state index contributed by atoms with van der Waals surface area (Å²) < 4.78 is 10.6. The van der Waals surface area contributed by atoms with E-state index in [0.29, 0.717) is 11.6 Å². The molecule has 0 aliphatic carbocycles. The Morgan fingerprint density at radius 2 is 1.80 bits per heavy atom. The molecular formula is C15H19N3O2. The van der Waals surface area contributed by atoms with Crippen molar-refractivity contribution >= 4 is 5.82 Å². The van der Waals surface area contributed by atoms with Gasteiger partial charge in [-0.3, -0.25) is 0 Å². The summed E-state index contributed by atoms with van der Waals surface area (Å²) in [6, 6.07) is 7.31. The van der Waals surface area contributed by atoms with Gasteiger partial charge in [-0.05, 0) is 18.2 Å². The Labute approximate surface area is 118 Å². The normalized spacial score (nSPS) is 10.7. The monoisotopic (exact) mass is 273 g/mol. The lowest BCUT2D eigenvalue weighted by Crippen LogP contribution is -2.03. The average molecular weight is 273 g/mol. The molecule has 1 aromatic carbocycles. The van der Waals surface area contributed by atoms with Gasteiger partial charge >= 0.3 is 0 Å². The summed E-state index contributed by atoms with van der Waals surface area (Å²) in [6.45, 7) is 4.06. The van der Waals surface area contributed by atoms with Crippen molar-refractivity contribution in [2.24, 2.45) is 0 Å². The third-order valence-electron chi connectivity index (χ3n) is 2.96. The molecule has 0 atom stereocenters. The number of ether oxygens (including phenoxy) is 2. The first kappa shape index (κ1) is 14.1. The molecule has 0 saturated carbocycles. The largest absolute Gasteiger partial charge is 0.497 e. The quantitative estimate of drug-likeness (QED) is 0.927. The standard InChI is InChI=1S/C15H19N3O2/c1-9(2)15-17-12(8-14(16)18-15)11-7-10(19-3)5-6-13(11)20-4/h5-9H,1-4H3,(H2,16,17,18). The fourth-order valence-electron chi connectivity index (χ4n) is 1.90. The van der Waals surface area contributed by atoms with Gasteiger partial charge in [0.2, 0.25) is 0 Å². The van der Waals surface area contributed by atoms with E-state index in [0.717, 1.165) is 22.8 Å². The molecule has 1 aromatic heterocycles. The minimum Gasteiger partial charge on any atom is -0.497 e. The smallest absolute Gasteiger partial charge is 0.133 e. The molecule has 0 amide bonds. The second-order valence-electron chi connectivity index (χ2n) is 4.76. The van der Waals surface area contributed by atoms with Crippen LogP contribution in [-0.2, 0) is 0 Å². The molecule has 0 unspecified atom stereocenters. The van der Waals surface area contributed by atoms with E-state index in [2.05, 4.69) is 9.97 Å². The number of hydrogen-bond donors (Lipinski definition) is 1. The van der Waals surface area contributed by atoms with Crippen molar-refractivity contribution in [1.82, 2.24) is 9.97 Å². The maximum Gasteiger partial charge on any atom is 0.133 e. The van der Waals surface area contributed by atoms with Crippen LogP contribution in [0, 0.1) is 0 Å². The maximum atomic E-state index is 5.87. The van der Waals surface area contributed by atoms with Gasteiger partial charge in [0.15, 0.2) is 0 Å². The minimum absolute atomic E-state index is 0.203. The van der Waals surface area contributed by atoms with Crippen LogP contribution in [0.1, 0.15) is 25.6 Å². The number of methoxy groups -OCH3 is 2. The first-order valence-electron chi connectivity index (χ1n) is 6.42. The third kappa shape index (κ3) is 2.82. The molecule has 0 bridgehead atoms. The van der Waals surface area contributed by atoms with Gasteiger partial charge < -0.3 is 15.2 Å². The molecule has 2 aromatic rings. The van der Waals surface area contributed by atoms with Gasteiger partial charge in [-0.25, -0.2) is 9.97 Å². The van der Waals surface area contributed by atoms with Crippen LogP contribution in [0.2, 0.25) is 0 Å².